The van der Waals surface area contributed by atoms with Crippen LogP contribution in [0.5, 0.6) is 0 Å². The summed E-state index contributed by atoms with van der Waals surface area (Å²) in [5.74, 6) is -1.53. The highest BCUT2D eigenvalue weighted by Crippen LogP contribution is 2.39. The predicted octanol–water partition coefficient (Wildman–Crippen LogP) is 1.68. The average molecular weight is 329 g/mol. The molecule has 9 heteroatoms. The standard InChI is InChI=1S/C12H18F3NO4S/c1-20-11(17)9-3-2-4-10(9)21(18,19)16(8-5-6-8)7-12(13,14)15/h8-10H,2-7H2,1H3. The van der Waals surface area contributed by atoms with E-state index in [4.69, 9.17) is 0 Å². The van der Waals surface area contributed by atoms with Crippen LogP contribution in [0.15, 0.2) is 0 Å². The number of hydrogen-bond donors (Lipinski definition) is 0. The molecule has 0 radical (unpaired) electrons. The molecule has 0 aromatic rings. The number of alkyl halides is 3. The van der Waals surface area contributed by atoms with Crippen LogP contribution >= 0.6 is 0 Å². The van der Waals surface area contributed by atoms with Gasteiger partial charge in [0.25, 0.3) is 0 Å². The molecule has 2 aliphatic carbocycles. The van der Waals surface area contributed by atoms with Crippen LogP contribution in [0.2, 0.25) is 0 Å². The zero-order chi connectivity index (χ0) is 15.8. The number of methoxy groups -OCH3 is 1. The van der Waals surface area contributed by atoms with Crippen LogP contribution in [-0.4, -0.2) is 49.8 Å². The molecule has 5 nitrogen and oxygen atoms in total. The molecule has 0 amide bonds. The fourth-order valence-electron chi connectivity index (χ4n) is 2.84. The molecule has 2 unspecified atom stereocenters. The molecule has 2 atom stereocenters. The molecular formula is C12H18F3NO4S. The maximum absolute atomic E-state index is 12.6. The smallest absolute Gasteiger partial charge is 0.402 e. The Balaban J connectivity index is 2.23. The summed E-state index contributed by atoms with van der Waals surface area (Å²) < 4.78 is 68.1. The third kappa shape index (κ3) is 3.68. The van der Waals surface area contributed by atoms with Crippen LogP contribution < -0.4 is 0 Å². The van der Waals surface area contributed by atoms with Crippen molar-refractivity contribution in [3.8, 4) is 0 Å². The summed E-state index contributed by atoms with van der Waals surface area (Å²) >= 11 is 0. The fraction of sp³-hybridized carbons (Fsp3) is 0.917. The minimum absolute atomic E-state index is 0.198. The molecule has 0 N–H and O–H groups in total. The van der Waals surface area contributed by atoms with Gasteiger partial charge in [-0.1, -0.05) is 6.42 Å². The van der Waals surface area contributed by atoms with E-state index in [-0.39, 0.29) is 6.42 Å². The number of ether oxygens (including phenoxy) is 1. The Labute approximate surface area is 121 Å². The van der Waals surface area contributed by atoms with E-state index in [9.17, 15) is 26.4 Å². The Morgan fingerprint density at radius 1 is 1.24 bits per heavy atom. The summed E-state index contributed by atoms with van der Waals surface area (Å²) in [4.78, 5) is 11.6. The highest BCUT2D eigenvalue weighted by molar-refractivity contribution is 7.89. The zero-order valence-electron chi connectivity index (χ0n) is 11.6. The number of carbonyl (C=O) groups is 1. The molecule has 2 fully saturated rings. The lowest BCUT2D eigenvalue weighted by atomic mass is 10.1. The van der Waals surface area contributed by atoms with Gasteiger partial charge in [0.05, 0.1) is 18.3 Å². The fourth-order valence-corrected chi connectivity index (χ4v) is 5.27. The van der Waals surface area contributed by atoms with Crippen LogP contribution in [0.25, 0.3) is 0 Å². The van der Waals surface area contributed by atoms with E-state index in [1.54, 1.807) is 0 Å². The van der Waals surface area contributed by atoms with Crippen molar-refractivity contribution in [3.05, 3.63) is 0 Å². The third-order valence-electron chi connectivity index (χ3n) is 3.96. The molecule has 21 heavy (non-hydrogen) atoms. The lowest BCUT2D eigenvalue weighted by Crippen LogP contribution is -2.47. The quantitative estimate of drug-likeness (QED) is 0.720. The number of hydrogen-bond acceptors (Lipinski definition) is 4. The van der Waals surface area contributed by atoms with Gasteiger partial charge >= 0.3 is 12.1 Å². The Morgan fingerprint density at radius 3 is 2.33 bits per heavy atom. The van der Waals surface area contributed by atoms with Gasteiger partial charge in [0, 0.05) is 6.04 Å². The van der Waals surface area contributed by atoms with E-state index in [1.165, 1.54) is 0 Å². The molecule has 0 aromatic heterocycles. The third-order valence-corrected chi connectivity index (χ3v) is 6.37. The van der Waals surface area contributed by atoms with Crippen LogP contribution in [0, 0.1) is 5.92 Å². The topological polar surface area (TPSA) is 63.7 Å². The first-order valence-electron chi connectivity index (χ1n) is 6.82. The van der Waals surface area contributed by atoms with Crippen molar-refractivity contribution in [1.82, 2.24) is 4.31 Å². The molecule has 2 aliphatic rings. The van der Waals surface area contributed by atoms with Gasteiger partial charge in [0.1, 0.15) is 6.54 Å². The van der Waals surface area contributed by atoms with E-state index in [0.717, 1.165) is 7.11 Å². The first-order valence-corrected chi connectivity index (χ1v) is 8.32. The minimum atomic E-state index is -4.59. The van der Waals surface area contributed by atoms with Crippen molar-refractivity contribution in [2.45, 2.75) is 49.6 Å². The van der Waals surface area contributed by atoms with Gasteiger partial charge in [0.2, 0.25) is 10.0 Å². The molecule has 0 saturated heterocycles. The predicted molar refractivity (Wildman–Crippen MR) is 67.8 cm³/mol. The van der Waals surface area contributed by atoms with Crippen molar-refractivity contribution < 1.29 is 31.1 Å². The lowest BCUT2D eigenvalue weighted by molar-refractivity contribution is -0.145. The highest BCUT2D eigenvalue weighted by Gasteiger charge is 2.51. The van der Waals surface area contributed by atoms with Gasteiger partial charge in [-0.05, 0) is 25.7 Å². The van der Waals surface area contributed by atoms with Gasteiger partial charge in [-0.3, -0.25) is 4.79 Å². The number of esters is 1. The molecule has 0 spiro atoms. The second-order valence-electron chi connectivity index (χ2n) is 5.54. The Kier molecular flexibility index (Phi) is 4.53. The van der Waals surface area contributed by atoms with Gasteiger partial charge in [-0.2, -0.15) is 17.5 Å². The molecular weight excluding hydrogens is 311 g/mol. The van der Waals surface area contributed by atoms with Crippen molar-refractivity contribution in [2.24, 2.45) is 5.92 Å². The van der Waals surface area contributed by atoms with Gasteiger partial charge < -0.3 is 4.74 Å². The maximum atomic E-state index is 12.6. The molecule has 0 aromatic carbocycles. The van der Waals surface area contributed by atoms with Gasteiger partial charge in [-0.15, -0.1) is 0 Å². The Bertz CT molecular complexity index is 501. The summed E-state index contributed by atoms with van der Waals surface area (Å²) in [6.07, 6.45) is -2.69. The summed E-state index contributed by atoms with van der Waals surface area (Å²) in [5.41, 5.74) is 0. The Morgan fingerprint density at radius 2 is 1.86 bits per heavy atom. The monoisotopic (exact) mass is 329 g/mol. The number of nitrogens with zero attached hydrogens (tertiary/aromatic N) is 1. The minimum Gasteiger partial charge on any atom is -0.469 e. The second kappa shape index (κ2) is 5.75. The van der Waals surface area contributed by atoms with Crippen LogP contribution in [0.3, 0.4) is 0 Å². The second-order valence-corrected chi connectivity index (χ2v) is 7.64. The summed E-state index contributed by atoms with van der Waals surface area (Å²) in [6.45, 7) is -1.48. The average Bonchev–Trinajstić information content (AvgIpc) is 3.09. The lowest BCUT2D eigenvalue weighted by Gasteiger charge is -2.28. The normalized spacial score (nSPS) is 27.1. The van der Waals surface area contributed by atoms with E-state index in [0.29, 0.717) is 30.0 Å². The number of carbonyl (C=O) groups excluding carboxylic acids is 1. The zero-order valence-corrected chi connectivity index (χ0v) is 12.4. The molecule has 122 valence electrons. The SMILES string of the molecule is COC(=O)C1CCCC1S(=O)(=O)N(CC(F)(F)F)C1CC1. The van der Waals surface area contributed by atoms with Crippen LogP contribution in [0.1, 0.15) is 32.1 Å². The summed E-state index contributed by atoms with van der Waals surface area (Å²) in [7, 11) is -3.01. The van der Waals surface area contributed by atoms with Crippen LogP contribution in [0.4, 0.5) is 13.2 Å². The molecule has 0 heterocycles. The van der Waals surface area contributed by atoms with Crippen molar-refractivity contribution in [1.29, 1.82) is 0 Å². The molecule has 2 rings (SSSR count). The number of rotatable bonds is 5. The summed E-state index contributed by atoms with van der Waals surface area (Å²) in [6, 6.07) is -0.587. The maximum Gasteiger partial charge on any atom is 0.402 e. The van der Waals surface area contributed by atoms with E-state index in [1.807, 2.05) is 0 Å². The van der Waals surface area contributed by atoms with E-state index < -0.39 is 45.9 Å². The highest BCUT2D eigenvalue weighted by atomic mass is 32.2. The molecule has 0 bridgehead atoms. The molecule has 0 aliphatic heterocycles. The van der Waals surface area contributed by atoms with E-state index >= 15 is 0 Å². The van der Waals surface area contributed by atoms with Crippen molar-refractivity contribution in [2.75, 3.05) is 13.7 Å². The first kappa shape index (κ1) is 16.5. The van der Waals surface area contributed by atoms with Crippen molar-refractivity contribution in [3.63, 3.8) is 0 Å². The number of halogens is 3. The van der Waals surface area contributed by atoms with E-state index in [2.05, 4.69) is 4.74 Å². The van der Waals surface area contributed by atoms with Crippen LogP contribution in [-0.2, 0) is 19.6 Å². The first-order chi connectivity index (χ1) is 9.66. The number of sulfonamides is 1. The largest absolute Gasteiger partial charge is 0.469 e. The van der Waals surface area contributed by atoms with Gasteiger partial charge in [-0.25, -0.2) is 8.42 Å². The summed E-state index contributed by atoms with van der Waals surface area (Å²) in [5, 5.41) is -1.10. The van der Waals surface area contributed by atoms with Crippen molar-refractivity contribution >= 4 is 16.0 Å². The Hall–Kier alpha value is -0.830. The van der Waals surface area contributed by atoms with Gasteiger partial charge in [0.15, 0.2) is 0 Å². The molecule has 2 saturated carbocycles.